The van der Waals surface area contributed by atoms with Gasteiger partial charge in [0.1, 0.15) is 11.6 Å². The van der Waals surface area contributed by atoms with Crippen molar-refractivity contribution in [3.8, 4) is 0 Å². The van der Waals surface area contributed by atoms with Crippen LogP contribution in [0.3, 0.4) is 0 Å². The molecule has 1 aliphatic rings. The summed E-state index contributed by atoms with van der Waals surface area (Å²) in [6.45, 7) is 4.64. The Morgan fingerprint density at radius 3 is 2.46 bits per heavy atom. The Hall–Kier alpha value is -2.17. The second-order valence-electron chi connectivity index (χ2n) is 6.57. The van der Waals surface area contributed by atoms with Crippen LogP contribution in [0.15, 0.2) is 24.3 Å². The molecule has 0 radical (unpaired) electrons. The van der Waals surface area contributed by atoms with Gasteiger partial charge in [0.2, 0.25) is 5.95 Å². The van der Waals surface area contributed by atoms with Crippen molar-refractivity contribution in [3.63, 3.8) is 0 Å². The zero-order valence-corrected chi connectivity index (χ0v) is 14.4. The van der Waals surface area contributed by atoms with Crippen LogP contribution in [0.1, 0.15) is 48.9 Å². The minimum atomic E-state index is -0.216. The van der Waals surface area contributed by atoms with Gasteiger partial charge in [0.05, 0.1) is 0 Å². The molecule has 3 rings (SSSR count). The van der Waals surface area contributed by atoms with Gasteiger partial charge in [-0.15, -0.1) is 0 Å². The van der Waals surface area contributed by atoms with Crippen molar-refractivity contribution < 1.29 is 4.39 Å². The minimum Gasteiger partial charge on any atom is -0.366 e. The van der Waals surface area contributed by atoms with E-state index in [2.05, 4.69) is 20.6 Å². The summed E-state index contributed by atoms with van der Waals surface area (Å²) < 4.78 is 13.0. The van der Waals surface area contributed by atoms with Crippen molar-refractivity contribution in [1.82, 2.24) is 9.97 Å². The normalized spacial score (nSPS) is 15.3. The molecule has 0 aliphatic heterocycles. The van der Waals surface area contributed by atoms with Gasteiger partial charge in [-0.3, -0.25) is 0 Å². The molecule has 0 spiro atoms. The average molecular weight is 328 g/mol. The number of nitrogens with one attached hydrogen (secondary N) is 2. The number of anilines is 2. The molecule has 2 N–H and O–H groups in total. The van der Waals surface area contributed by atoms with Gasteiger partial charge in [0.15, 0.2) is 0 Å². The summed E-state index contributed by atoms with van der Waals surface area (Å²) in [6.07, 6.45) is 6.26. The van der Waals surface area contributed by atoms with Crippen LogP contribution in [0.5, 0.6) is 0 Å². The molecular formula is C19H25FN4. The predicted molar refractivity (Wildman–Crippen MR) is 95.7 cm³/mol. The second kappa shape index (κ2) is 7.60. The molecule has 0 unspecified atom stereocenters. The highest BCUT2D eigenvalue weighted by Gasteiger charge is 2.15. The molecule has 0 atom stereocenters. The number of hydrogen-bond donors (Lipinski definition) is 2. The summed E-state index contributed by atoms with van der Waals surface area (Å²) in [5.41, 5.74) is 3.05. The summed E-state index contributed by atoms with van der Waals surface area (Å²) in [4.78, 5) is 9.23. The van der Waals surface area contributed by atoms with Gasteiger partial charge in [-0.25, -0.2) is 9.37 Å². The first-order valence-corrected chi connectivity index (χ1v) is 8.72. The predicted octanol–water partition coefficient (Wildman–Crippen LogP) is 4.59. The van der Waals surface area contributed by atoms with E-state index in [9.17, 15) is 4.39 Å². The van der Waals surface area contributed by atoms with Gasteiger partial charge < -0.3 is 10.6 Å². The zero-order chi connectivity index (χ0) is 16.9. The van der Waals surface area contributed by atoms with Crippen LogP contribution in [0.25, 0.3) is 0 Å². The lowest BCUT2D eigenvalue weighted by Gasteiger charge is -2.23. The fourth-order valence-electron chi connectivity index (χ4n) is 3.08. The molecular weight excluding hydrogens is 303 g/mol. The molecule has 1 saturated carbocycles. The van der Waals surface area contributed by atoms with Gasteiger partial charge in [-0.2, -0.15) is 4.98 Å². The number of benzene rings is 1. The lowest BCUT2D eigenvalue weighted by molar-refractivity contribution is 0.461. The molecule has 2 aromatic rings. The molecule has 0 amide bonds. The topological polar surface area (TPSA) is 49.8 Å². The van der Waals surface area contributed by atoms with E-state index in [4.69, 9.17) is 0 Å². The lowest BCUT2D eigenvalue weighted by atomic mass is 9.96. The third-order valence-corrected chi connectivity index (χ3v) is 4.70. The Labute approximate surface area is 142 Å². The number of rotatable bonds is 5. The van der Waals surface area contributed by atoms with Gasteiger partial charge >= 0.3 is 0 Å². The maximum atomic E-state index is 13.0. The van der Waals surface area contributed by atoms with E-state index in [1.54, 1.807) is 12.1 Å². The number of nitrogens with zero attached hydrogens (tertiary/aromatic N) is 2. The van der Waals surface area contributed by atoms with Crippen molar-refractivity contribution in [3.05, 3.63) is 46.9 Å². The lowest BCUT2D eigenvalue weighted by Crippen LogP contribution is -2.24. The van der Waals surface area contributed by atoms with Crippen molar-refractivity contribution in [2.45, 2.75) is 58.5 Å². The molecule has 1 aromatic carbocycles. The number of aryl methyl sites for hydroxylation is 1. The van der Waals surface area contributed by atoms with E-state index >= 15 is 0 Å². The Morgan fingerprint density at radius 2 is 1.75 bits per heavy atom. The van der Waals surface area contributed by atoms with Crippen LogP contribution in [0.2, 0.25) is 0 Å². The molecule has 1 aliphatic carbocycles. The van der Waals surface area contributed by atoms with Crippen LogP contribution in [0.4, 0.5) is 16.2 Å². The first-order valence-electron chi connectivity index (χ1n) is 8.72. The zero-order valence-electron chi connectivity index (χ0n) is 14.4. The highest BCUT2D eigenvalue weighted by Crippen LogP contribution is 2.23. The van der Waals surface area contributed by atoms with E-state index in [1.807, 2.05) is 13.8 Å². The highest BCUT2D eigenvalue weighted by atomic mass is 19.1. The Bertz CT molecular complexity index is 679. The smallest absolute Gasteiger partial charge is 0.225 e. The van der Waals surface area contributed by atoms with Crippen LogP contribution < -0.4 is 10.6 Å². The number of aromatic nitrogens is 2. The van der Waals surface area contributed by atoms with Crippen molar-refractivity contribution >= 4 is 11.8 Å². The van der Waals surface area contributed by atoms with E-state index in [0.29, 0.717) is 18.5 Å². The Kier molecular flexibility index (Phi) is 5.28. The van der Waals surface area contributed by atoms with E-state index in [1.165, 1.54) is 44.2 Å². The Morgan fingerprint density at radius 1 is 1.04 bits per heavy atom. The molecule has 0 bridgehead atoms. The fraction of sp³-hybridized carbons (Fsp3) is 0.474. The summed E-state index contributed by atoms with van der Waals surface area (Å²) in [5.74, 6) is 1.32. The van der Waals surface area contributed by atoms with Crippen molar-refractivity contribution in [1.29, 1.82) is 0 Å². The molecule has 1 fully saturated rings. The molecule has 0 saturated heterocycles. The molecule has 4 nitrogen and oxygen atoms in total. The molecule has 5 heteroatoms. The molecule has 128 valence electrons. The standard InChI is InChI=1S/C19H25FN4/c1-13-14(2)22-19(23-17-6-4-3-5-7-17)24-18(13)21-12-15-8-10-16(20)11-9-15/h8-11,17H,3-7,12H2,1-2H3,(H2,21,22,23,24). The van der Waals surface area contributed by atoms with E-state index < -0.39 is 0 Å². The first kappa shape index (κ1) is 16.7. The highest BCUT2D eigenvalue weighted by molar-refractivity contribution is 5.50. The van der Waals surface area contributed by atoms with Crippen LogP contribution in [-0.2, 0) is 6.54 Å². The minimum absolute atomic E-state index is 0.216. The van der Waals surface area contributed by atoms with Gasteiger partial charge in [-0.05, 0) is 44.4 Å². The summed E-state index contributed by atoms with van der Waals surface area (Å²) in [7, 11) is 0. The summed E-state index contributed by atoms with van der Waals surface area (Å²) in [6, 6.07) is 7.00. The van der Waals surface area contributed by atoms with Gasteiger partial charge in [0, 0.05) is 23.8 Å². The van der Waals surface area contributed by atoms with Gasteiger partial charge in [0.25, 0.3) is 0 Å². The number of hydrogen-bond acceptors (Lipinski definition) is 4. The molecule has 24 heavy (non-hydrogen) atoms. The maximum absolute atomic E-state index is 13.0. The number of halogens is 1. The monoisotopic (exact) mass is 328 g/mol. The van der Waals surface area contributed by atoms with Crippen LogP contribution in [-0.4, -0.2) is 16.0 Å². The van der Waals surface area contributed by atoms with Crippen LogP contribution >= 0.6 is 0 Å². The third kappa shape index (κ3) is 4.22. The van der Waals surface area contributed by atoms with Gasteiger partial charge in [-0.1, -0.05) is 31.4 Å². The van der Waals surface area contributed by atoms with E-state index in [0.717, 1.165) is 22.6 Å². The third-order valence-electron chi connectivity index (χ3n) is 4.70. The largest absolute Gasteiger partial charge is 0.366 e. The molecule has 1 heterocycles. The second-order valence-corrected chi connectivity index (χ2v) is 6.57. The van der Waals surface area contributed by atoms with E-state index in [-0.39, 0.29) is 5.82 Å². The SMILES string of the molecule is Cc1nc(NC2CCCCC2)nc(NCc2ccc(F)cc2)c1C. The quantitative estimate of drug-likeness (QED) is 0.843. The van der Waals surface area contributed by atoms with Crippen LogP contribution in [0, 0.1) is 19.7 Å². The average Bonchev–Trinajstić information content (AvgIpc) is 2.59. The molecule has 1 aromatic heterocycles. The maximum Gasteiger partial charge on any atom is 0.225 e. The Balaban J connectivity index is 1.70. The summed E-state index contributed by atoms with van der Waals surface area (Å²) in [5, 5.41) is 6.84. The fourth-order valence-corrected chi connectivity index (χ4v) is 3.08. The van der Waals surface area contributed by atoms with Crippen molar-refractivity contribution in [2.24, 2.45) is 0 Å². The summed E-state index contributed by atoms with van der Waals surface area (Å²) >= 11 is 0. The first-order chi connectivity index (χ1) is 11.6. The van der Waals surface area contributed by atoms with Crippen molar-refractivity contribution in [2.75, 3.05) is 10.6 Å².